The van der Waals surface area contributed by atoms with Gasteiger partial charge in [0.1, 0.15) is 0 Å². The summed E-state index contributed by atoms with van der Waals surface area (Å²) in [7, 11) is 1.35. The molecule has 5 nitrogen and oxygen atoms in total. The van der Waals surface area contributed by atoms with Crippen LogP contribution in [0.4, 0.5) is 10.1 Å². The molecule has 2 aromatic carbocycles. The second-order valence-corrected chi connectivity index (χ2v) is 4.60. The van der Waals surface area contributed by atoms with Crippen LogP contribution in [0.3, 0.4) is 0 Å². The number of carbonyl (C=O) groups excluding carboxylic acids is 2. The normalized spacial score (nSPS) is 10.1. The summed E-state index contributed by atoms with van der Waals surface area (Å²) in [5.74, 6) is -1.55. The van der Waals surface area contributed by atoms with E-state index in [1.54, 1.807) is 24.3 Å². The Kier molecular flexibility index (Phi) is 4.73. The third-order valence-electron chi connectivity index (χ3n) is 3.04. The van der Waals surface area contributed by atoms with Crippen LogP contribution in [0.25, 0.3) is 0 Å². The number of methoxy groups -OCH3 is 1. The highest BCUT2D eigenvalue weighted by atomic mass is 19.1. The van der Waals surface area contributed by atoms with E-state index in [0.29, 0.717) is 11.3 Å². The maximum atomic E-state index is 13.6. The van der Waals surface area contributed by atoms with Crippen LogP contribution in [0.15, 0.2) is 42.5 Å². The smallest absolute Gasteiger partial charge is 0.255 e. The number of amides is 2. The van der Waals surface area contributed by atoms with Crippen molar-refractivity contribution < 1.29 is 18.7 Å². The number of primary amides is 1. The zero-order valence-electron chi connectivity index (χ0n) is 11.9. The van der Waals surface area contributed by atoms with Gasteiger partial charge in [-0.3, -0.25) is 9.59 Å². The number of para-hydroxylation sites is 1. The van der Waals surface area contributed by atoms with Gasteiger partial charge < -0.3 is 15.8 Å². The molecule has 0 aliphatic heterocycles. The number of nitrogens with one attached hydrogen (secondary N) is 1. The van der Waals surface area contributed by atoms with E-state index in [4.69, 9.17) is 10.5 Å². The number of halogens is 1. The summed E-state index contributed by atoms with van der Waals surface area (Å²) in [5, 5.41) is 2.64. The molecule has 0 radical (unpaired) electrons. The summed E-state index contributed by atoms with van der Waals surface area (Å²) < 4.78 is 18.4. The monoisotopic (exact) mass is 302 g/mol. The van der Waals surface area contributed by atoms with Gasteiger partial charge in [-0.2, -0.15) is 0 Å². The number of hydrogen-bond donors (Lipinski definition) is 2. The lowest BCUT2D eigenvalue weighted by atomic mass is 10.1. The first-order chi connectivity index (χ1) is 10.5. The minimum atomic E-state index is -0.624. The molecule has 0 saturated carbocycles. The van der Waals surface area contributed by atoms with E-state index in [0.717, 1.165) is 6.07 Å². The highest BCUT2D eigenvalue weighted by Gasteiger charge is 2.12. The van der Waals surface area contributed by atoms with Crippen molar-refractivity contribution in [1.82, 2.24) is 0 Å². The number of benzene rings is 2. The lowest BCUT2D eigenvalue weighted by molar-refractivity contribution is -0.117. The standard InChI is InChI=1S/C16H15FN2O3/c1-22-14-7-6-11(8-12(14)17)16(21)19-13-5-3-2-4-10(13)9-15(18)20/h2-8H,9H2,1H3,(H2,18,20)(H,19,21). The van der Waals surface area contributed by atoms with Gasteiger partial charge in [0.25, 0.3) is 5.91 Å². The maximum absolute atomic E-state index is 13.6. The Hall–Kier alpha value is -2.89. The van der Waals surface area contributed by atoms with E-state index < -0.39 is 17.6 Å². The van der Waals surface area contributed by atoms with Gasteiger partial charge in [-0.05, 0) is 29.8 Å². The van der Waals surface area contributed by atoms with Crippen LogP contribution in [-0.2, 0) is 11.2 Å². The molecule has 2 amide bonds. The zero-order valence-corrected chi connectivity index (χ0v) is 11.9. The SMILES string of the molecule is COc1ccc(C(=O)Nc2ccccc2CC(N)=O)cc1F. The zero-order chi connectivity index (χ0) is 16.1. The van der Waals surface area contributed by atoms with E-state index in [-0.39, 0.29) is 17.7 Å². The van der Waals surface area contributed by atoms with Gasteiger partial charge in [-0.15, -0.1) is 0 Å². The minimum Gasteiger partial charge on any atom is -0.494 e. The number of rotatable bonds is 5. The van der Waals surface area contributed by atoms with E-state index in [1.807, 2.05) is 0 Å². The molecule has 0 aliphatic carbocycles. The van der Waals surface area contributed by atoms with Crippen molar-refractivity contribution in [1.29, 1.82) is 0 Å². The Bertz CT molecular complexity index is 716. The maximum Gasteiger partial charge on any atom is 0.255 e. The van der Waals surface area contributed by atoms with Crippen LogP contribution < -0.4 is 15.8 Å². The van der Waals surface area contributed by atoms with Gasteiger partial charge in [0.15, 0.2) is 11.6 Å². The second kappa shape index (κ2) is 6.71. The quantitative estimate of drug-likeness (QED) is 0.887. The molecule has 3 N–H and O–H groups in total. The summed E-state index contributed by atoms with van der Waals surface area (Å²) in [6, 6.07) is 10.7. The molecule has 2 rings (SSSR count). The average molecular weight is 302 g/mol. The first-order valence-corrected chi connectivity index (χ1v) is 6.52. The van der Waals surface area contributed by atoms with Crippen molar-refractivity contribution in [2.24, 2.45) is 5.73 Å². The molecular formula is C16H15FN2O3. The molecule has 0 aliphatic rings. The van der Waals surface area contributed by atoms with E-state index in [9.17, 15) is 14.0 Å². The van der Waals surface area contributed by atoms with Crippen molar-refractivity contribution >= 4 is 17.5 Å². The third-order valence-corrected chi connectivity index (χ3v) is 3.04. The topological polar surface area (TPSA) is 81.4 Å². The van der Waals surface area contributed by atoms with Crippen LogP contribution in [-0.4, -0.2) is 18.9 Å². The fraction of sp³-hybridized carbons (Fsp3) is 0.125. The molecule has 0 unspecified atom stereocenters. The third kappa shape index (κ3) is 3.60. The number of nitrogens with two attached hydrogens (primary N) is 1. The van der Waals surface area contributed by atoms with Crippen molar-refractivity contribution in [3.8, 4) is 5.75 Å². The van der Waals surface area contributed by atoms with Gasteiger partial charge in [-0.1, -0.05) is 18.2 Å². The largest absolute Gasteiger partial charge is 0.494 e. The Morgan fingerprint density at radius 2 is 1.95 bits per heavy atom. The average Bonchev–Trinajstić information content (AvgIpc) is 2.48. The summed E-state index contributed by atoms with van der Waals surface area (Å²) in [6.45, 7) is 0. The Morgan fingerprint density at radius 3 is 2.59 bits per heavy atom. The van der Waals surface area contributed by atoms with Gasteiger partial charge in [0.05, 0.1) is 13.5 Å². The molecule has 0 fully saturated rings. The summed E-state index contributed by atoms with van der Waals surface area (Å²) >= 11 is 0. The van der Waals surface area contributed by atoms with Crippen LogP contribution in [0.2, 0.25) is 0 Å². The van der Waals surface area contributed by atoms with Crippen LogP contribution >= 0.6 is 0 Å². The summed E-state index contributed by atoms with van der Waals surface area (Å²) in [5.41, 5.74) is 6.37. The van der Waals surface area contributed by atoms with Gasteiger partial charge in [0, 0.05) is 11.3 Å². The second-order valence-electron chi connectivity index (χ2n) is 4.60. The molecule has 0 saturated heterocycles. The van der Waals surface area contributed by atoms with Crippen molar-refractivity contribution in [3.05, 3.63) is 59.4 Å². The summed E-state index contributed by atoms with van der Waals surface area (Å²) in [4.78, 5) is 23.2. The van der Waals surface area contributed by atoms with Gasteiger partial charge in [0.2, 0.25) is 5.91 Å². The fourth-order valence-corrected chi connectivity index (χ4v) is 1.99. The first-order valence-electron chi connectivity index (χ1n) is 6.52. The van der Waals surface area contributed by atoms with E-state index in [1.165, 1.54) is 19.2 Å². The molecule has 0 atom stereocenters. The van der Waals surface area contributed by atoms with Crippen LogP contribution in [0.1, 0.15) is 15.9 Å². The van der Waals surface area contributed by atoms with Gasteiger partial charge >= 0.3 is 0 Å². The molecule has 22 heavy (non-hydrogen) atoms. The fourth-order valence-electron chi connectivity index (χ4n) is 1.99. The molecule has 0 aromatic heterocycles. The number of hydrogen-bond acceptors (Lipinski definition) is 3. The first kappa shape index (κ1) is 15.5. The van der Waals surface area contributed by atoms with Crippen molar-refractivity contribution in [2.75, 3.05) is 12.4 Å². The van der Waals surface area contributed by atoms with E-state index >= 15 is 0 Å². The number of carbonyl (C=O) groups is 2. The highest BCUT2D eigenvalue weighted by molar-refractivity contribution is 6.05. The predicted octanol–water partition coefficient (Wildman–Crippen LogP) is 2.11. The van der Waals surface area contributed by atoms with Gasteiger partial charge in [-0.25, -0.2) is 4.39 Å². The number of ether oxygens (including phenoxy) is 1. The van der Waals surface area contributed by atoms with E-state index in [2.05, 4.69) is 5.32 Å². The Balaban J connectivity index is 2.22. The lowest BCUT2D eigenvalue weighted by Crippen LogP contribution is -2.17. The molecule has 114 valence electrons. The van der Waals surface area contributed by atoms with Crippen LogP contribution in [0, 0.1) is 5.82 Å². The van der Waals surface area contributed by atoms with Crippen molar-refractivity contribution in [2.45, 2.75) is 6.42 Å². The predicted molar refractivity (Wildman–Crippen MR) is 80.2 cm³/mol. The Labute approximate surface area is 126 Å². The summed E-state index contributed by atoms with van der Waals surface area (Å²) in [6.07, 6.45) is 0.00737. The number of anilines is 1. The molecule has 0 heterocycles. The molecule has 6 heteroatoms. The van der Waals surface area contributed by atoms with Crippen molar-refractivity contribution in [3.63, 3.8) is 0 Å². The molecule has 2 aromatic rings. The highest BCUT2D eigenvalue weighted by Crippen LogP contribution is 2.20. The minimum absolute atomic E-state index is 0.00737. The molecule has 0 spiro atoms. The molecular weight excluding hydrogens is 287 g/mol. The van der Waals surface area contributed by atoms with Crippen LogP contribution in [0.5, 0.6) is 5.75 Å². The molecule has 0 bridgehead atoms. The Morgan fingerprint density at radius 1 is 1.23 bits per heavy atom. The lowest BCUT2D eigenvalue weighted by Gasteiger charge is -2.10.